The van der Waals surface area contributed by atoms with Crippen LogP contribution in [-0.2, 0) is 15.8 Å². The molecule has 0 bridgehead atoms. The second-order valence-corrected chi connectivity index (χ2v) is 7.33. The third kappa shape index (κ3) is 3.62. The highest BCUT2D eigenvalue weighted by Gasteiger charge is 2.30. The minimum atomic E-state index is -3.38. The lowest BCUT2D eigenvalue weighted by Crippen LogP contribution is -2.53. The molecule has 1 atom stereocenters. The Kier molecular flexibility index (Phi) is 4.99. The topological polar surface area (TPSA) is 64.4 Å². The van der Waals surface area contributed by atoms with Gasteiger partial charge < -0.3 is 0 Å². The molecular formula is C15H21N3O2S. The van der Waals surface area contributed by atoms with Crippen molar-refractivity contribution in [3.05, 3.63) is 35.4 Å². The summed E-state index contributed by atoms with van der Waals surface area (Å²) >= 11 is 0. The van der Waals surface area contributed by atoms with Gasteiger partial charge in [-0.3, -0.25) is 4.90 Å². The minimum Gasteiger partial charge on any atom is -0.298 e. The van der Waals surface area contributed by atoms with Crippen LogP contribution in [0.15, 0.2) is 24.3 Å². The maximum absolute atomic E-state index is 12.6. The van der Waals surface area contributed by atoms with Gasteiger partial charge >= 0.3 is 0 Å². The Balaban J connectivity index is 2.14. The summed E-state index contributed by atoms with van der Waals surface area (Å²) in [7, 11) is -3.38. The van der Waals surface area contributed by atoms with Crippen molar-refractivity contribution >= 4 is 10.0 Å². The molecule has 1 fully saturated rings. The summed E-state index contributed by atoms with van der Waals surface area (Å²) in [6, 6.07) is 9.16. The number of nitriles is 1. The maximum atomic E-state index is 12.6. The molecule has 0 spiro atoms. The summed E-state index contributed by atoms with van der Waals surface area (Å²) in [5.41, 5.74) is 1.01. The second kappa shape index (κ2) is 6.56. The Morgan fingerprint density at radius 2 is 2.05 bits per heavy atom. The van der Waals surface area contributed by atoms with Crippen LogP contribution in [0.25, 0.3) is 0 Å². The van der Waals surface area contributed by atoms with Crippen LogP contribution in [0.4, 0.5) is 0 Å². The Morgan fingerprint density at radius 3 is 2.67 bits per heavy atom. The van der Waals surface area contributed by atoms with Crippen molar-refractivity contribution in [2.75, 3.05) is 26.2 Å². The SMILES string of the molecule is CCN1CCN(S(=O)(=O)Cc2ccccc2C#N)CC1C. The number of sulfonamides is 1. The van der Waals surface area contributed by atoms with Gasteiger partial charge in [0.25, 0.3) is 0 Å². The Hall–Kier alpha value is -1.42. The van der Waals surface area contributed by atoms with E-state index in [0.29, 0.717) is 24.2 Å². The van der Waals surface area contributed by atoms with Gasteiger partial charge in [-0.1, -0.05) is 25.1 Å². The van der Waals surface area contributed by atoms with E-state index in [1.54, 1.807) is 28.6 Å². The first kappa shape index (κ1) is 16.0. The van der Waals surface area contributed by atoms with Gasteiger partial charge in [0.2, 0.25) is 10.0 Å². The molecule has 1 saturated heterocycles. The van der Waals surface area contributed by atoms with E-state index in [9.17, 15) is 8.42 Å². The number of hydrogen-bond acceptors (Lipinski definition) is 4. The van der Waals surface area contributed by atoms with Gasteiger partial charge in [-0.05, 0) is 25.1 Å². The fourth-order valence-corrected chi connectivity index (χ4v) is 4.36. The Bertz CT molecular complexity index is 637. The molecule has 0 aromatic heterocycles. The predicted octanol–water partition coefficient (Wildman–Crippen LogP) is 1.41. The largest absolute Gasteiger partial charge is 0.298 e. The van der Waals surface area contributed by atoms with Crippen LogP contribution in [-0.4, -0.2) is 49.8 Å². The summed E-state index contributed by atoms with van der Waals surface area (Å²) in [5.74, 6) is -0.102. The molecule has 0 saturated carbocycles. The van der Waals surface area contributed by atoms with Gasteiger partial charge in [-0.25, -0.2) is 8.42 Å². The zero-order valence-electron chi connectivity index (χ0n) is 12.5. The van der Waals surface area contributed by atoms with E-state index in [2.05, 4.69) is 24.8 Å². The molecule has 1 unspecified atom stereocenters. The maximum Gasteiger partial charge on any atom is 0.218 e. The first-order valence-electron chi connectivity index (χ1n) is 7.17. The van der Waals surface area contributed by atoms with Crippen LogP contribution in [0.1, 0.15) is 25.0 Å². The van der Waals surface area contributed by atoms with Gasteiger partial charge in [-0.2, -0.15) is 9.57 Å². The minimum absolute atomic E-state index is 0.102. The van der Waals surface area contributed by atoms with Crippen LogP contribution < -0.4 is 0 Å². The predicted molar refractivity (Wildman–Crippen MR) is 82.1 cm³/mol. The highest BCUT2D eigenvalue weighted by Crippen LogP contribution is 2.18. The van der Waals surface area contributed by atoms with Crippen molar-refractivity contribution < 1.29 is 8.42 Å². The molecule has 0 amide bonds. The second-order valence-electron chi connectivity index (χ2n) is 5.36. The Labute approximate surface area is 126 Å². The van der Waals surface area contributed by atoms with Gasteiger partial charge in [0, 0.05) is 25.7 Å². The number of hydrogen-bond donors (Lipinski definition) is 0. The van der Waals surface area contributed by atoms with E-state index in [1.807, 2.05) is 0 Å². The molecule has 2 rings (SSSR count). The van der Waals surface area contributed by atoms with Crippen molar-refractivity contribution in [1.29, 1.82) is 5.26 Å². The lowest BCUT2D eigenvalue weighted by atomic mass is 10.1. The quantitative estimate of drug-likeness (QED) is 0.844. The van der Waals surface area contributed by atoms with Crippen molar-refractivity contribution in [2.45, 2.75) is 25.6 Å². The monoisotopic (exact) mass is 307 g/mol. The fourth-order valence-electron chi connectivity index (χ4n) is 2.73. The highest BCUT2D eigenvalue weighted by molar-refractivity contribution is 7.88. The molecule has 21 heavy (non-hydrogen) atoms. The Morgan fingerprint density at radius 1 is 1.33 bits per heavy atom. The van der Waals surface area contributed by atoms with Crippen LogP contribution in [0.2, 0.25) is 0 Å². The molecule has 5 nitrogen and oxygen atoms in total. The van der Waals surface area contributed by atoms with Crippen molar-refractivity contribution in [1.82, 2.24) is 9.21 Å². The van der Waals surface area contributed by atoms with E-state index in [4.69, 9.17) is 5.26 Å². The van der Waals surface area contributed by atoms with Gasteiger partial charge in [0.1, 0.15) is 0 Å². The molecule has 1 aliphatic heterocycles. The van der Waals surface area contributed by atoms with E-state index in [-0.39, 0.29) is 11.8 Å². The van der Waals surface area contributed by atoms with Crippen molar-refractivity contribution in [2.24, 2.45) is 0 Å². The summed E-state index contributed by atoms with van der Waals surface area (Å²) < 4.78 is 26.7. The molecule has 6 heteroatoms. The zero-order chi connectivity index (χ0) is 15.5. The third-order valence-electron chi connectivity index (χ3n) is 4.00. The molecule has 1 aliphatic rings. The van der Waals surface area contributed by atoms with Crippen LogP contribution >= 0.6 is 0 Å². The standard InChI is InChI=1S/C15H21N3O2S/c1-3-17-8-9-18(11-13(17)2)21(19,20)12-15-7-5-4-6-14(15)10-16/h4-7,13H,3,8-9,11-12H2,1-2H3. The van der Waals surface area contributed by atoms with E-state index >= 15 is 0 Å². The summed E-state index contributed by atoms with van der Waals surface area (Å²) in [5, 5.41) is 9.07. The number of likely N-dealkylation sites (N-methyl/N-ethyl adjacent to an activating group) is 1. The van der Waals surface area contributed by atoms with Crippen LogP contribution in [0.3, 0.4) is 0 Å². The van der Waals surface area contributed by atoms with Gasteiger partial charge in [0.05, 0.1) is 17.4 Å². The summed E-state index contributed by atoms with van der Waals surface area (Å²) in [6.45, 7) is 6.88. The normalized spacial score (nSPS) is 21.1. The molecule has 1 aromatic carbocycles. The average molecular weight is 307 g/mol. The third-order valence-corrected chi connectivity index (χ3v) is 5.80. The molecule has 1 heterocycles. The lowest BCUT2D eigenvalue weighted by molar-refractivity contribution is 0.135. The molecule has 114 valence electrons. The summed E-state index contributed by atoms with van der Waals surface area (Å²) in [4.78, 5) is 2.27. The van der Waals surface area contributed by atoms with Gasteiger partial charge in [0.15, 0.2) is 0 Å². The molecule has 0 aliphatic carbocycles. The highest BCUT2D eigenvalue weighted by atomic mass is 32.2. The molecule has 1 aromatic rings. The van der Waals surface area contributed by atoms with Crippen molar-refractivity contribution in [3.8, 4) is 6.07 Å². The number of piperazine rings is 1. The smallest absolute Gasteiger partial charge is 0.218 e. The van der Waals surface area contributed by atoms with Crippen LogP contribution in [0, 0.1) is 11.3 Å². The average Bonchev–Trinajstić information content (AvgIpc) is 2.47. The first-order valence-corrected chi connectivity index (χ1v) is 8.78. The number of benzene rings is 1. The fraction of sp³-hybridized carbons (Fsp3) is 0.533. The van der Waals surface area contributed by atoms with Gasteiger partial charge in [-0.15, -0.1) is 0 Å². The molecule has 0 radical (unpaired) electrons. The van der Waals surface area contributed by atoms with Crippen molar-refractivity contribution in [3.63, 3.8) is 0 Å². The van der Waals surface area contributed by atoms with E-state index in [1.165, 1.54) is 0 Å². The van der Waals surface area contributed by atoms with E-state index < -0.39 is 10.0 Å². The first-order chi connectivity index (χ1) is 9.97. The number of nitrogens with zero attached hydrogens (tertiary/aromatic N) is 3. The van der Waals surface area contributed by atoms with E-state index in [0.717, 1.165) is 13.1 Å². The van der Waals surface area contributed by atoms with Crippen LogP contribution in [0.5, 0.6) is 0 Å². The molecule has 0 N–H and O–H groups in total. The summed E-state index contributed by atoms with van der Waals surface area (Å²) in [6.07, 6.45) is 0. The zero-order valence-corrected chi connectivity index (χ0v) is 13.3. The number of rotatable bonds is 4. The lowest BCUT2D eigenvalue weighted by Gasteiger charge is -2.38. The molecular weight excluding hydrogens is 286 g/mol.